The third kappa shape index (κ3) is 6.68. The Morgan fingerprint density at radius 2 is 1.60 bits per heavy atom. The van der Waals surface area contributed by atoms with Crippen LogP contribution < -0.4 is 10.6 Å². The number of aryl methyl sites for hydroxylation is 1. The van der Waals surface area contributed by atoms with Crippen LogP contribution in [0.2, 0.25) is 0 Å². The van der Waals surface area contributed by atoms with Crippen molar-refractivity contribution in [2.24, 2.45) is 0 Å². The van der Waals surface area contributed by atoms with Gasteiger partial charge >= 0.3 is 12.4 Å². The van der Waals surface area contributed by atoms with Crippen molar-refractivity contribution in [1.29, 1.82) is 0 Å². The Morgan fingerprint density at radius 1 is 1.03 bits per heavy atom. The van der Waals surface area contributed by atoms with Gasteiger partial charge in [-0.1, -0.05) is 5.16 Å². The molecule has 0 fully saturated rings. The van der Waals surface area contributed by atoms with Crippen LogP contribution in [0.1, 0.15) is 23.8 Å². The first-order valence-corrected chi connectivity index (χ1v) is 9.25. The molecular formula is C17H15F6N3O3S. The lowest BCUT2D eigenvalue weighted by Crippen LogP contribution is -2.25. The van der Waals surface area contributed by atoms with Crippen molar-refractivity contribution in [3.63, 3.8) is 0 Å². The molecule has 0 aliphatic rings. The average Bonchev–Trinajstić information content (AvgIpc) is 3.02. The number of amides is 2. The zero-order valence-electron chi connectivity index (χ0n) is 15.4. The number of halogens is 6. The lowest BCUT2D eigenvalue weighted by molar-refractivity contribution is -0.143. The van der Waals surface area contributed by atoms with Crippen molar-refractivity contribution in [2.45, 2.75) is 31.5 Å². The normalized spacial score (nSPS) is 13.1. The summed E-state index contributed by atoms with van der Waals surface area (Å²) in [5, 5.41) is 7.24. The van der Waals surface area contributed by atoms with Gasteiger partial charge in [0.25, 0.3) is 0 Å². The summed E-state index contributed by atoms with van der Waals surface area (Å²) in [6.07, 6.45) is -10.1. The number of aromatic nitrogens is 1. The van der Waals surface area contributed by atoms with E-state index in [2.05, 4.69) is 10.5 Å². The second kappa shape index (κ2) is 8.98. The topological polar surface area (TPSA) is 84.2 Å². The molecule has 1 atom stereocenters. The first kappa shape index (κ1) is 23.6. The van der Waals surface area contributed by atoms with Gasteiger partial charge in [-0.25, -0.2) is 0 Å². The smallest absolute Gasteiger partial charge is 0.360 e. The highest BCUT2D eigenvalue weighted by molar-refractivity contribution is 8.01. The molecule has 1 aromatic heterocycles. The zero-order chi connectivity index (χ0) is 22.7. The first-order chi connectivity index (χ1) is 13.8. The molecule has 6 nitrogen and oxygen atoms in total. The number of benzene rings is 1. The molecule has 0 saturated heterocycles. The number of nitrogens with one attached hydrogen (secondary N) is 2. The van der Waals surface area contributed by atoms with Crippen molar-refractivity contribution in [2.75, 3.05) is 16.4 Å². The summed E-state index contributed by atoms with van der Waals surface area (Å²) in [6.45, 7) is 3.08. The van der Waals surface area contributed by atoms with Gasteiger partial charge < -0.3 is 15.2 Å². The van der Waals surface area contributed by atoms with Gasteiger partial charge in [0.2, 0.25) is 11.8 Å². The molecule has 1 aromatic carbocycles. The maximum atomic E-state index is 12.9. The molecule has 2 N–H and O–H groups in total. The Kier molecular flexibility index (Phi) is 7.06. The highest BCUT2D eigenvalue weighted by atomic mass is 32.2. The minimum Gasteiger partial charge on any atom is -0.360 e. The van der Waals surface area contributed by atoms with E-state index in [9.17, 15) is 35.9 Å². The van der Waals surface area contributed by atoms with Crippen LogP contribution in [0.25, 0.3) is 0 Å². The molecule has 2 rings (SSSR count). The Hall–Kier alpha value is -2.70. The van der Waals surface area contributed by atoms with Crippen LogP contribution in [-0.2, 0) is 21.9 Å². The molecule has 13 heteroatoms. The van der Waals surface area contributed by atoms with Crippen molar-refractivity contribution in [3.8, 4) is 0 Å². The number of anilines is 2. The number of carbonyl (C=O) groups excluding carboxylic acids is 2. The molecular weight excluding hydrogens is 440 g/mol. The maximum Gasteiger partial charge on any atom is 0.416 e. The number of hydrogen-bond donors (Lipinski definition) is 2. The molecule has 0 aliphatic heterocycles. The molecule has 1 unspecified atom stereocenters. The molecule has 164 valence electrons. The first-order valence-electron chi connectivity index (χ1n) is 8.21. The molecule has 0 aliphatic carbocycles. The number of rotatable bonds is 6. The quantitative estimate of drug-likeness (QED) is 0.616. The van der Waals surface area contributed by atoms with Crippen molar-refractivity contribution in [1.82, 2.24) is 5.16 Å². The van der Waals surface area contributed by atoms with Gasteiger partial charge in [-0.05, 0) is 32.0 Å². The van der Waals surface area contributed by atoms with E-state index in [1.165, 1.54) is 13.0 Å². The molecule has 2 amide bonds. The predicted octanol–water partition coefficient (Wildman–Crippen LogP) is 4.72. The molecule has 0 spiro atoms. The average molecular weight is 455 g/mol. The fraction of sp³-hybridized carbons (Fsp3) is 0.353. The SMILES string of the molecule is Cc1cc(NC(=O)C(C)SCC(=O)Nc2cc(C(F)(F)F)cc(C(F)(F)F)c2)no1. The highest BCUT2D eigenvalue weighted by Gasteiger charge is 2.37. The largest absolute Gasteiger partial charge is 0.416 e. The molecule has 2 aromatic rings. The lowest BCUT2D eigenvalue weighted by atomic mass is 10.1. The van der Waals surface area contributed by atoms with Gasteiger partial charge in [-0.3, -0.25) is 9.59 Å². The number of carbonyl (C=O) groups is 2. The van der Waals surface area contributed by atoms with Crippen LogP contribution >= 0.6 is 11.8 Å². The molecule has 30 heavy (non-hydrogen) atoms. The Balaban J connectivity index is 2.00. The van der Waals surface area contributed by atoms with Crippen LogP contribution in [0, 0.1) is 6.92 Å². The summed E-state index contributed by atoms with van der Waals surface area (Å²) < 4.78 is 81.9. The van der Waals surface area contributed by atoms with E-state index in [0.29, 0.717) is 17.9 Å². The van der Waals surface area contributed by atoms with Crippen LogP contribution in [0.4, 0.5) is 37.8 Å². The molecule has 0 radical (unpaired) electrons. The van der Waals surface area contributed by atoms with E-state index in [-0.39, 0.29) is 17.6 Å². The standard InChI is InChI=1S/C17H15F6N3O3S/c1-8-3-13(26-29-8)25-15(28)9(2)30-7-14(27)24-12-5-10(16(18,19)20)4-11(6-12)17(21,22)23/h3-6,9H,7H2,1-2H3,(H,24,27)(H,25,26,28). The highest BCUT2D eigenvalue weighted by Crippen LogP contribution is 2.37. The monoisotopic (exact) mass is 455 g/mol. The van der Waals surface area contributed by atoms with Gasteiger partial charge in [-0.15, -0.1) is 11.8 Å². The van der Waals surface area contributed by atoms with Gasteiger partial charge in [0.1, 0.15) is 5.76 Å². The lowest BCUT2D eigenvalue weighted by Gasteiger charge is -2.15. The number of nitrogens with zero attached hydrogens (tertiary/aromatic N) is 1. The molecule has 0 saturated carbocycles. The van der Waals surface area contributed by atoms with E-state index >= 15 is 0 Å². The van der Waals surface area contributed by atoms with Crippen LogP contribution in [0.5, 0.6) is 0 Å². The summed E-state index contributed by atoms with van der Waals surface area (Å²) in [4.78, 5) is 24.0. The summed E-state index contributed by atoms with van der Waals surface area (Å²) in [6, 6.07) is 2.23. The third-order valence-electron chi connectivity index (χ3n) is 3.58. The fourth-order valence-corrected chi connectivity index (χ4v) is 2.84. The van der Waals surface area contributed by atoms with Gasteiger partial charge in [0.15, 0.2) is 5.82 Å². The Bertz CT molecular complexity index is 894. The van der Waals surface area contributed by atoms with Crippen LogP contribution in [0.15, 0.2) is 28.8 Å². The minimum absolute atomic E-state index is 0.0393. The van der Waals surface area contributed by atoms with Gasteiger partial charge in [0, 0.05) is 11.8 Å². The van der Waals surface area contributed by atoms with E-state index in [0.717, 1.165) is 11.8 Å². The van der Waals surface area contributed by atoms with E-state index in [1.807, 2.05) is 5.32 Å². The fourth-order valence-electron chi connectivity index (χ4n) is 2.15. The zero-order valence-corrected chi connectivity index (χ0v) is 16.3. The molecule has 0 bridgehead atoms. The van der Waals surface area contributed by atoms with E-state index < -0.39 is 46.2 Å². The van der Waals surface area contributed by atoms with Gasteiger partial charge in [0.05, 0.1) is 22.1 Å². The van der Waals surface area contributed by atoms with E-state index in [1.54, 1.807) is 6.92 Å². The third-order valence-corrected chi connectivity index (χ3v) is 4.73. The number of alkyl halides is 6. The van der Waals surface area contributed by atoms with E-state index in [4.69, 9.17) is 4.52 Å². The predicted molar refractivity (Wildman–Crippen MR) is 96.9 cm³/mol. The summed E-state index contributed by atoms with van der Waals surface area (Å²) >= 11 is 0.830. The number of thioether (sulfide) groups is 1. The second-order valence-corrected chi connectivity index (χ2v) is 7.44. The van der Waals surface area contributed by atoms with Crippen molar-refractivity contribution in [3.05, 3.63) is 41.2 Å². The van der Waals surface area contributed by atoms with Crippen molar-refractivity contribution < 1.29 is 40.5 Å². The summed E-state index contributed by atoms with van der Waals surface area (Å²) in [5.41, 5.74) is -3.75. The van der Waals surface area contributed by atoms with Gasteiger partial charge in [-0.2, -0.15) is 26.3 Å². The maximum absolute atomic E-state index is 12.9. The summed E-state index contributed by atoms with van der Waals surface area (Å²) in [5.74, 6) is -1.14. The van der Waals surface area contributed by atoms with Crippen LogP contribution in [-0.4, -0.2) is 28.0 Å². The van der Waals surface area contributed by atoms with Crippen LogP contribution in [0.3, 0.4) is 0 Å². The summed E-state index contributed by atoms with van der Waals surface area (Å²) in [7, 11) is 0. The minimum atomic E-state index is -5.03. The number of hydrogen-bond acceptors (Lipinski definition) is 5. The molecule has 1 heterocycles. The second-order valence-electron chi connectivity index (χ2n) is 6.11. The Labute approximate surface area is 170 Å². The Morgan fingerprint density at radius 3 is 2.07 bits per heavy atom. The van der Waals surface area contributed by atoms with Crippen molar-refractivity contribution >= 4 is 35.1 Å².